The van der Waals surface area contributed by atoms with Crippen molar-refractivity contribution in [3.05, 3.63) is 40.4 Å². The van der Waals surface area contributed by atoms with E-state index in [1.54, 1.807) is 31.4 Å². The number of hydrogen-bond acceptors (Lipinski definition) is 4. The Morgan fingerprint density at radius 3 is 2.75 bits per heavy atom. The molecule has 5 heteroatoms. The number of carbonyl (C=O) groups excluding carboxylic acids is 1. The molecule has 1 amide bonds. The van der Waals surface area contributed by atoms with Crippen LogP contribution in [0.25, 0.3) is 10.8 Å². The van der Waals surface area contributed by atoms with Gasteiger partial charge >= 0.3 is 5.63 Å². The third kappa shape index (κ3) is 2.99. The minimum Gasteiger partial charge on any atom is -0.497 e. The summed E-state index contributed by atoms with van der Waals surface area (Å²) < 4.78 is 10.2. The third-order valence-corrected chi connectivity index (χ3v) is 2.86. The molecule has 1 heterocycles. The molecule has 0 saturated heterocycles. The lowest BCUT2D eigenvalue weighted by Crippen LogP contribution is -2.28. The number of carbonyl (C=O) groups is 1. The summed E-state index contributed by atoms with van der Waals surface area (Å²) in [5.74, 6) is 0.569. The van der Waals surface area contributed by atoms with Gasteiger partial charge in [0, 0.05) is 6.54 Å². The van der Waals surface area contributed by atoms with Gasteiger partial charge in [0.05, 0.1) is 12.5 Å². The van der Waals surface area contributed by atoms with Gasteiger partial charge in [-0.1, -0.05) is 13.8 Å². The predicted molar refractivity (Wildman–Crippen MR) is 76.2 cm³/mol. The molecule has 0 radical (unpaired) electrons. The highest BCUT2D eigenvalue weighted by Crippen LogP contribution is 2.19. The Labute approximate surface area is 116 Å². The largest absolute Gasteiger partial charge is 0.497 e. The van der Waals surface area contributed by atoms with E-state index in [1.807, 2.05) is 13.8 Å². The summed E-state index contributed by atoms with van der Waals surface area (Å²) in [7, 11) is 1.54. The van der Waals surface area contributed by atoms with Crippen LogP contribution < -0.4 is 15.7 Å². The second-order valence-electron chi connectivity index (χ2n) is 4.96. The number of methoxy groups -OCH3 is 1. The lowest BCUT2D eigenvalue weighted by Gasteiger charge is -2.07. The van der Waals surface area contributed by atoms with Gasteiger partial charge in [-0.15, -0.1) is 0 Å². The van der Waals surface area contributed by atoms with E-state index < -0.39 is 5.63 Å². The lowest BCUT2D eigenvalue weighted by atomic mass is 10.1. The molecule has 1 N–H and O–H groups in total. The van der Waals surface area contributed by atoms with Crippen LogP contribution in [-0.2, 0) is 0 Å². The zero-order valence-corrected chi connectivity index (χ0v) is 11.7. The van der Waals surface area contributed by atoms with Crippen LogP contribution in [0.5, 0.6) is 5.75 Å². The summed E-state index contributed by atoms with van der Waals surface area (Å²) in [6.45, 7) is 4.50. The van der Waals surface area contributed by atoms with Gasteiger partial charge in [-0.3, -0.25) is 4.79 Å². The van der Waals surface area contributed by atoms with Crippen molar-refractivity contribution < 1.29 is 13.9 Å². The second kappa shape index (κ2) is 5.77. The fourth-order valence-electron chi connectivity index (χ4n) is 1.79. The molecule has 0 bridgehead atoms. The number of rotatable bonds is 4. The van der Waals surface area contributed by atoms with Crippen molar-refractivity contribution in [3.63, 3.8) is 0 Å². The highest BCUT2D eigenvalue weighted by molar-refractivity contribution is 5.95. The van der Waals surface area contributed by atoms with Gasteiger partial charge in [0.15, 0.2) is 5.76 Å². The first-order chi connectivity index (χ1) is 9.51. The van der Waals surface area contributed by atoms with E-state index in [1.165, 1.54) is 0 Å². The Bertz CT molecular complexity index is 688. The van der Waals surface area contributed by atoms with Crippen LogP contribution in [-0.4, -0.2) is 19.6 Å². The monoisotopic (exact) mass is 275 g/mol. The Balaban J connectivity index is 2.40. The molecule has 106 valence electrons. The first-order valence-electron chi connectivity index (χ1n) is 6.41. The van der Waals surface area contributed by atoms with Gasteiger partial charge in [-0.2, -0.15) is 0 Å². The molecule has 0 aliphatic rings. The summed E-state index contributed by atoms with van der Waals surface area (Å²) in [4.78, 5) is 23.8. The first kappa shape index (κ1) is 14.1. The summed E-state index contributed by atoms with van der Waals surface area (Å²) in [6.07, 6.45) is 0. The van der Waals surface area contributed by atoms with Crippen molar-refractivity contribution in [1.29, 1.82) is 0 Å². The molecule has 0 unspecified atom stereocenters. The van der Waals surface area contributed by atoms with Gasteiger partial charge in [-0.25, -0.2) is 4.79 Å². The highest BCUT2D eigenvalue weighted by atomic mass is 16.5. The number of ether oxygens (including phenoxy) is 1. The molecule has 20 heavy (non-hydrogen) atoms. The number of hydrogen-bond donors (Lipinski definition) is 1. The van der Waals surface area contributed by atoms with E-state index in [0.29, 0.717) is 29.0 Å². The van der Waals surface area contributed by atoms with Gasteiger partial charge in [0.2, 0.25) is 0 Å². The average molecular weight is 275 g/mol. The lowest BCUT2D eigenvalue weighted by molar-refractivity contribution is 0.0917. The predicted octanol–water partition coefficient (Wildman–Crippen LogP) is 2.19. The van der Waals surface area contributed by atoms with E-state index in [9.17, 15) is 9.59 Å². The smallest absolute Gasteiger partial charge is 0.344 e. The normalized spacial score (nSPS) is 10.8. The molecular weight excluding hydrogens is 258 g/mol. The standard InChI is InChI=1S/C15H17NO4/c1-9(2)8-16-14(17)13-7-10-6-11(19-3)4-5-12(10)15(18)20-13/h4-7,9H,8H2,1-3H3,(H,16,17). The Morgan fingerprint density at radius 2 is 2.10 bits per heavy atom. The van der Waals surface area contributed by atoms with E-state index in [0.717, 1.165) is 0 Å². The topological polar surface area (TPSA) is 68.5 Å². The van der Waals surface area contributed by atoms with Gasteiger partial charge in [0.1, 0.15) is 5.75 Å². The maximum absolute atomic E-state index is 11.9. The van der Waals surface area contributed by atoms with Crippen LogP contribution in [0.15, 0.2) is 33.5 Å². The number of fused-ring (bicyclic) bond motifs is 1. The van der Waals surface area contributed by atoms with Crippen molar-refractivity contribution >= 4 is 16.7 Å². The minimum atomic E-state index is -0.528. The molecule has 1 aromatic carbocycles. The Morgan fingerprint density at radius 1 is 1.35 bits per heavy atom. The van der Waals surface area contributed by atoms with E-state index in [2.05, 4.69) is 5.32 Å². The van der Waals surface area contributed by atoms with E-state index in [4.69, 9.17) is 9.15 Å². The summed E-state index contributed by atoms with van der Waals surface area (Å²) in [5, 5.41) is 3.76. The molecule has 0 spiro atoms. The number of nitrogens with one attached hydrogen (secondary N) is 1. The highest BCUT2D eigenvalue weighted by Gasteiger charge is 2.12. The maximum atomic E-state index is 11.9. The van der Waals surface area contributed by atoms with Gasteiger partial charge in [0.25, 0.3) is 5.91 Å². The molecule has 5 nitrogen and oxygen atoms in total. The summed E-state index contributed by atoms with van der Waals surface area (Å²) in [5.41, 5.74) is -0.528. The zero-order chi connectivity index (χ0) is 14.7. The van der Waals surface area contributed by atoms with Crippen molar-refractivity contribution in [2.45, 2.75) is 13.8 Å². The molecule has 2 rings (SSSR count). The molecule has 0 aliphatic carbocycles. The van der Waals surface area contributed by atoms with E-state index >= 15 is 0 Å². The summed E-state index contributed by atoms with van der Waals surface area (Å²) in [6, 6.07) is 6.55. The number of benzene rings is 1. The van der Waals surface area contributed by atoms with Crippen molar-refractivity contribution in [1.82, 2.24) is 5.32 Å². The van der Waals surface area contributed by atoms with Crippen LogP contribution in [0.1, 0.15) is 24.4 Å². The Kier molecular flexibility index (Phi) is 4.08. The first-order valence-corrected chi connectivity index (χ1v) is 6.41. The van der Waals surface area contributed by atoms with E-state index in [-0.39, 0.29) is 11.7 Å². The van der Waals surface area contributed by atoms with Gasteiger partial charge in [-0.05, 0) is 35.6 Å². The van der Waals surface area contributed by atoms with Crippen molar-refractivity contribution in [3.8, 4) is 5.75 Å². The van der Waals surface area contributed by atoms with Crippen molar-refractivity contribution in [2.75, 3.05) is 13.7 Å². The SMILES string of the molecule is COc1ccc2c(=O)oc(C(=O)NCC(C)C)cc2c1. The summed E-state index contributed by atoms with van der Waals surface area (Å²) >= 11 is 0. The number of amides is 1. The van der Waals surface area contributed by atoms with Crippen LogP contribution in [0.2, 0.25) is 0 Å². The fraction of sp³-hybridized carbons (Fsp3) is 0.333. The quantitative estimate of drug-likeness (QED) is 0.928. The van der Waals surface area contributed by atoms with Crippen molar-refractivity contribution in [2.24, 2.45) is 5.92 Å². The fourth-order valence-corrected chi connectivity index (χ4v) is 1.79. The van der Waals surface area contributed by atoms with Crippen LogP contribution in [0.3, 0.4) is 0 Å². The van der Waals surface area contributed by atoms with Crippen LogP contribution >= 0.6 is 0 Å². The van der Waals surface area contributed by atoms with Gasteiger partial charge < -0.3 is 14.5 Å². The second-order valence-corrected chi connectivity index (χ2v) is 4.96. The maximum Gasteiger partial charge on any atom is 0.344 e. The average Bonchev–Trinajstić information content (AvgIpc) is 2.43. The molecule has 2 aromatic rings. The minimum absolute atomic E-state index is 0.0106. The molecule has 1 aromatic heterocycles. The molecule has 0 saturated carbocycles. The molecular formula is C15H17NO4. The molecule has 0 aliphatic heterocycles. The zero-order valence-electron chi connectivity index (χ0n) is 11.7. The molecule has 0 fully saturated rings. The third-order valence-electron chi connectivity index (χ3n) is 2.86. The Hall–Kier alpha value is -2.30. The van der Waals surface area contributed by atoms with Crippen LogP contribution in [0.4, 0.5) is 0 Å². The van der Waals surface area contributed by atoms with Crippen LogP contribution in [0, 0.1) is 5.92 Å². The molecule has 0 atom stereocenters.